The average Bonchev–Trinajstić information content (AvgIpc) is 2.58. The van der Waals surface area contributed by atoms with Crippen LogP contribution in [0.15, 0.2) is 48.5 Å². The topological polar surface area (TPSA) is 86.9 Å². The van der Waals surface area contributed by atoms with E-state index in [1.54, 1.807) is 30.3 Å². The molecule has 0 atom stereocenters. The van der Waals surface area contributed by atoms with Gasteiger partial charge in [-0.3, -0.25) is 0 Å². The van der Waals surface area contributed by atoms with Gasteiger partial charge in [0.2, 0.25) is 0 Å². The molecule has 1 aromatic heterocycles. The second-order valence-corrected chi connectivity index (χ2v) is 5.15. The van der Waals surface area contributed by atoms with Crippen LogP contribution in [-0.4, -0.2) is 21.0 Å². The van der Waals surface area contributed by atoms with Crippen molar-refractivity contribution < 1.29 is 9.90 Å². The Labute approximate surface area is 130 Å². The maximum Gasteiger partial charge on any atom is 0.337 e. The van der Waals surface area contributed by atoms with Gasteiger partial charge in [-0.25, -0.2) is 14.8 Å². The van der Waals surface area contributed by atoms with E-state index in [0.29, 0.717) is 27.6 Å². The summed E-state index contributed by atoms with van der Waals surface area (Å²) in [6.07, 6.45) is 0. The van der Waals surface area contributed by atoms with E-state index in [4.69, 9.17) is 0 Å². The van der Waals surface area contributed by atoms with Crippen molar-refractivity contribution in [3.8, 4) is 6.07 Å². The van der Waals surface area contributed by atoms with Crippen LogP contribution in [-0.2, 0) is 0 Å². The molecule has 3 aromatic carbocycles. The van der Waals surface area contributed by atoms with Crippen molar-refractivity contribution in [2.75, 3.05) is 0 Å². The summed E-state index contributed by atoms with van der Waals surface area (Å²) in [5, 5.41) is 20.1. The molecule has 0 spiro atoms. The van der Waals surface area contributed by atoms with Gasteiger partial charge in [-0.15, -0.1) is 0 Å². The van der Waals surface area contributed by atoms with Crippen LogP contribution in [0, 0.1) is 11.3 Å². The Morgan fingerprint density at radius 3 is 2.48 bits per heavy atom. The quantitative estimate of drug-likeness (QED) is 0.429. The van der Waals surface area contributed by atoms with E-state index in [1.165, 1.54) is 6.07 Å². The van der Waals surface area contributed by atoms with Gasteiger partial charge in [0.05, 0.1) is 33.7 Å². The first-order valence-electron chi connectivity index (χ1n) is 6.94. The van der Waals surface area contributed by atoms with Gasteiger partial charge in [0.1, 0.15) is 5.52 Å². The smallest absolute Gasteiger partial charge is 0.337 e. The predicted molar refractivity (Wildman–Crippen MR) is 86.2 cm³/mol. The molecule has 108 valence electrons. The summed E-state index contributed by atoms with van der Waals surface area (Å²) in [5.41, 5.74) is 2.82. The second kappa shape index (κ2) is 4.75. The van der Waals surface area contributed by atoms with Crippen molar-refractivity contribution in [3.63, 3.8) is 0 Å². The minimum atomic E-state index is -1.04. The first-order valence-corrected chi connectivity index (χ1v) is 6.94. The fourth-order valence-electron chi connectivity index (χ4n) is 2.79. The third kappa shape index (κ3) is 1.89. The lowest BCUT2D eigenvalue weighted by atomic mass is 10.0. The summed E-state index contributed by atoms with van der Waals surface area (Å²) in [6.45, 7) is 0. The SMILES string of the molecule is N#Cc1cccc2c1ccc1nc3cccc(C(=O)O)c3nc12. The van der Waals surface area contributed by atoms with E-state index in [-0.39, 0.29) is 5.56 Å². The van der Waals surface area contributed by atoms with Crippen molar-refractivity contribution in [2.45, 2.75) is 0 Å². The summed E-state index contributed by atoms with van der Waals surface area (Å²) in [5.74, 6) is -1.04. The number of aromatic carboxylic acids is 1. The molecule has 1 N–H and O–H groups in total. The highest BCUT2D eigenvalue weighted by atomic mass is 16.4. The van der Waals surface area contributed by atoms with Crippen molar-refractivity contribution in [3.05, 3.63) is 59.7 Å². The van der Waals surface area contributed by atoms with Gasteiger partial charge in [0.15, 0.2) is 0 Å². The lowest BCUT2D eigenvalue weighted by Crippen LogP contribution is -2.00. The lowest BCUT2D eigenvalue weighted by molar-refractivity contribution is 0.0699. The van der Waals surface area contributed by atoms with E-state index < -0.39 is 5.97 Å². The summed E-state index contributed by atoms with van der Waals surface area (Å²) in [7, 11) is 0. The molecule has 5 nitrogen and oxygen atoms in total. The molecular formula is C18H9N3O2. The molecule has 0 aliphatic rings. The largest absolute Gasteiger partial charge is 0.478 e. The molecule has 0 amide bonds. The number of fused-ring (bicyclic) bond motifs is 4. The molecule has 0 saturated carbocycles. The minimum Gasteiger partial charge on any atom is -0.478 e. The number of rotatable bonds is 1. The average molecular weight is 299 g/mol. The number of para-hydroxylation sites is 1. The van der Waals surface area contributed by atoms with Gasteiger partial charge in [-0.2, -0.15) is 5.26 Å². The van der Waals surface area contributed by atoms with Crippen LogP contribution < -0.4 is 0 Å². The third-order valence-corrected chi connectivity index (χ3v) is 3.84. The molecule has 0 fully saturated rings. The summed E-state index contributed by atoms with van der Waals surface area (Å²) in [4.78, 5) is 20.5. The van der Waals surface area contributed by atoms with Crippen LogP contribution in [0.4, 0.5) is 0 Å². The van der Waals surface area contributed by atoms with Crippen molar-refractivity contribution in [1.29, 1.82) is 5.26 Å². The number of hydrogen-bond donors (Lipinski definition) is 1. The monoisotopic (exact) mass is 299 g/mol. The fourth-order valence-corrected chi connectivity index (χ4v) is 2.79. The van der Waals surface area contributed by atoms with Crippen LogP contribution in [0.1, 0.15) is 15.9 Å². The molecule has 1 heterocycles. The molecule has 0 saturated heterocycles. The maximum atomic E-state index is 11.4. The van der Waals surface area contributed by atoms with Crippen molar-refractivity contribution >= 4 is 38.8 Å². The first kappa shape index (κ1) is 13.2. The van der Waals surface area contributed by atoms with Crippen LogP contribution >= 0.6 is 0 Å². The van der Waals surface area contributed by atoms with Crippen LogP contribution in [0.3, 0.4) is 0 Å². The number of aromatic nitrogens is 2. The van der Waals surface area contributed by atoms with Gasteiger partial charge in [0.25, 0.3) is 0 Å². The van der Waals surface area contributed by atoms with E-state index in [1.807, 2.05) is 12.1 Å². The highest BCUT2D eigenvalue weighted by Crippen LogP contribution is 2.27. The Hall–Kier alpha value is -3.52. The fraction of sp³-hybridized carbons (Fsp3) is 0. The number of carbonyl (C=O) groups is 1. The Bertz CT molecular complexity index is 1160. The summed E-state index contributed by atoms with van der Waals surface area (Å²) < 4.78 is 0. The van der Waals surface area contributed by atoms with Gasteiger partial charge in [-0.05, 0) is 24.3 Å². The Kier molecular flexibility index (Phi) is 2.72. The number of nitriles is 1. The number of nitrogens with zero attached hydrogens (tertiary/aromatic N) is 3. The maximum absolute atomic E-state index is 11.4. The van der Waals surface area contributed by atoms with Crippen molar-refractivity contribution in [2.24, 2.45) is 0 Å². The molecule has 23 heavy (non-hydrogen) atoms. The minimum absolute atomic E-state index is 0.116. The highest BCUT2D eigenvalue weighted by Gasteiger charge is 2.13. The molecule has 0 unspecified atom stereocenters. The number of benzene rings is 3. The molecule has 0 radical (unpaired) electrons. The summed E-state index contributed by atoms with van der Waals surface area (Å²) in [6, 6.07) is 16.1. The molecule has 4 aromatic rings. The van der Waals surface area contributed by atoms with E-state index in [0.717, 1.165) is 10.8 Å². The second-order valence-electron chi connectivity index (χ2n) is 5.15. The standard InChI is InChI=1S/C18H9N3O2/c19-9-10-3-1-4-12-11(10)7-8-15-16(12)21-17-13(18(22)23)5-2-6-14(17)20-15/h1-8H,(H,22,23). The predicted octanol–water partition coefficient (Wildman–Crippen LogP) is 3.51. The van der Waals surface area contributed by atoms with E-state index in [2.05, 4.69) is 16.0 Å². The van der Waals surface area contributed by atoms with Crippen LogP contribution in [0.25, 0.3) is 32.8 Å². The molecule has 0 aliphatic heterocycles. The Balaban J connectivity index is 2.22. The zero-order chi connectivity index (χ0) is 16.0. The number of hydrogen-bond acceptors (Lipinski definition) is 4. The van der Waals surface area contributed by atoms with Crippen LogP contribution in [0.5, 0.6) is 0 Å². The zero-order valence-corrected chi connectivity index (χ0v) is 11.8. The van der Waals surface area contributed by atoms with Crippen LogP contribution in [0.2, 0.25) is 0 Å². The first-order chi connectivity index (χ1) is 11.2. The number of carboxylic acid groups (broad SMARTS) is 1. The molecular weight excluding hydrogens is 290 g/mol. The third-order valence-electron chi connectivity index (χ3n) is 3.84. The molecule has 0 bridgehead atoms. The summed E-state index contributed by atoms with van der Waals surface area (Å²) >= 11 is 0. The van der Waals surface area contributed by atoms with E-state index in [9.17, 15) is 15.2 Å². The van der Waals surface area contributed by atoms with Gasteiger partial charge >= 0.3 is 5.97 Å². The number of carboxylic acids is 1. The normalized spacial score (nSPS) is 10.9. The zero-order valence-electron chi connectivity index (χ0n) is 11.8. The van der Waals surface area contributed by atoms with Gasteiger partial charge in [-0.1, -0.05) is 24.3 Å². The van der Waals surface area contributed by atoms with E-state index >= 15 is 0 Å². The van der Waals surface area contributed by atoms with Crippen molar-refractivity contribution in [1.82, 2.24) is 9.97 Å². The molecule has 0 aliphatic carbocycles. The van der Waals surface area contributed by atoms with Gasteiger partial charge in [0, 0.05) is 10.8 Å². The molecule has 5 heteroatoms. The van der Waals surface area contributed by atoms with Gasteiger partial charge < -0.3 is 5.11 Å². The highest BCUT2D eigenvalue weighted by molar-refractivity contribution is 6.09. The Morgan fingerprint density at radius 2 is 1.70 bits per heavy atom. The Morgan fingerprint density at radius 1 is 0.913 bits per heavy atom. The lowest BCUT2D eigenvalue weighted by Gasteiger charge is -2.07. The molecule has 4 rings (SSSR count).